The molecular weight excluding hydrogens is 559 g/mol. The van der Waals surface area contributed by atoms with Crippen molar-refractivity contribution >= 4 is 40.8 Å². The van der Waals surface area contributed by atoms with Gasteiger partial charge in [-0.3, -0.25) is 0 Å². The zero-order chi connectivity index (χ0) is 31.3. The lowest BCUT2D eigenvalue weighted by Gasteiger charge is -2.32. The lowest BCUT2D eigenvalue weighted by molar-refractivity contribution is 0.191. The number of ether oxygens (including phenoxy) is 2. The van der Waals surface area contributed by atoms with Crippen LogP contribution in [0.5, 0.6) is 5.88 Å². The largest absolute Gasteiger partial charge is 0.478 e. The van der Waals surface area contributed by atoms with Gasteiger partial charge in [-0.1, -0.05) is 103 Å². The van der Waals surface area contributed by atoms with Crippen LogP contribution >= 0.6 is 24.4 Å². The van der Waals surface area contributed by atoms with Crippen molar-refractivity contribution in [2.75, 3.05) is 20.3 Å². The lowest BCUT2D eigenvalue weighted by Crippen LogP contribution is -2.26. The van der Waals surface area contributed by atoms with E-state index in [1.165, 1.54) is 43.2 Å². The number of fused-ring (bicyclic) bond motifs is 1. The summed E-state index contributed by atoms with van der Waals surface area (Å²) in [6.07, 6.45) is 10.1. The molecule has 0 aliphatic rings. The molecule has 3 aromatic rings. The second-order valence-electron chi connectivity index (χ2n) is 13.4. The number of methoxy groups -OCH3 is 1. The van der Waals surface area contributed by atoms with Gasteiger partial charge in [0.25, 0.3) is 0 Å². The van der Waals surface area contributed by atoms with Crippen molar-refractivity contribution in [3.8, 4) is 17.0 Å². The summed E-state index contributed by atoms with van der Waals surface area (Å²) in [4.78, 5) is 4.45. The minimum atomic E-state index is 0.197. The maximum absolute atomic E-state index is 5.95. The minimum Gasteiger partial charge on any atom is -0.478 e. The summed E-state index contributed by atoms with van der Waals surface area (Å²) >= 11 is 10.6. The van der Waals surface area contributed by atoms with Crippen molar-refractivity contribution in [1.82, 2.24) is 4.98 Å². The standard InChI is InChI=1S/C25H31NO3S.C11H22S/c1-18-10-11-21(19(2)14-18)22-15-20-17-26-24(16-23(20)29-25(22)30)28-13-9-7-5-4-6-8-12-27-3;1-9(7-10(2,3)4)11(5,6)8-12/h10-11,14-17H,4-9,12-13H2,1-3H3;8-9H,7H2,1-6H3. The molecule has 0 spiro atoms. The van der Waals surface area contributed by atoms with Crippen molar-refractivity contribution < 1.29 is 13.9 Å². The Bertz CT molecular complexity index is 1320. The third-order valence-electron chi connectivity index (χ3n) is 7.75. The first-order chi connectivity index (χ1) is 19.8. The van der Waals surface area contributed by atoms with E-state index >= 15 is 0 Å². The molecule has 1 atom stereocenters. The number of nitrogens with zero attached hydrogens (tertiary/aromatic N) is 1. The average molecular weight is 612 g/mol. The van der Waals surface area contributed by atoms with Crippen molar-refractivity contribution in [2.24, 2.45) is 16.7 Å². The summed E-state index contributed by atoms with van der Waals surface area (Å²) in [5, 5.41) is 2.82. The highest BCUT2D eigenvalue weighted by atomic mass is 32.1. The third-order valence-corrected chi connectivity index (χ3v) is 8.66. The van der Waals surface area contributed by atoms with Crippen molar-refractivity contribution in [3.63, 3.8) is 0 Å². The number of pyridine rings is 1. The first-order valence-electron chi connectivity index (χ1n) is 15.4. The van der Waals surface area contributed by atoms with E-state index in [1.807, 2.05) is 11.4 Å². The summed E-state index contributed by atoms with van der Waals surface area (Å²) < 4.78 is 17.3. The number of hydrogen-bond acceptors (Lipinski definition) is 6. The Morgan fingerprint density at radius 3 is 2.14 bits per heavy atom. The van der Waals surface area contributed by atoms with Crippen molar-refractivity contribution in [3.05, 3.63) is 52.4 Å². The highest BCUT2D eigenvalue weighted by Gasteiger charge is 2.27. The molecule has 0 aliphatic heterocycles. The Labute approximate surface area is 265 Å². The molecule has 0 fully saturated rings. The molecule has 1 unspecified atom stereocenters. The molecule has 4 nitrogen and oxygen atoms in total. The normalized spacial score (nSPS) is 12.5. The number of benzene rings is 1. The molecule has 0 aliphatic carbocycles. The fourth-order valence-electron chi connectivity index (χ4n) is 4.91. The summed E-state index contributed by atoms with van der Waals surface area (Å²) in [5.74, 6) is 1.25. The monoisotopic (exact) mass is 611 g/mol. The predicted octanol–water partition coefficient (Wildman–Crippen LogP) is 11.3. The highest BCUT2D eigenvalue weighted by Crippen LogP contribution is 2.35. The number of aryl methyl sites for hydroxylation is 2. The van der Waals surface area contributed by atoms with Crippen molar-refractivity contribution in [2.45, 2.75) is 100 Å². The van der Waals surface area contributed by atoms with E-state index in [9.17, 15) is 0 Å². The highest BCUT2D eigenvalue weighted by molar-refractivity contribution is 7.79. The zero-order valence-electron chi connectivity index (χ0n) is 27.5. The Kier molecular flexibility index (Phi) is 14.8. The van der Waals surface area contributed by atoms with Gasteiger partial charge in [0.05, 0.1) is 6.61 Å². The van der Waals surface area contributed by atoms with E-state index in [4.69, 9.17) is 38.3 Å². The molecular formula is C36H53NO3S2. The number of aromatic nitrogens is 1. The zero-order valence-corrected chi connectivity index (χ0v) is 29.1. The second kappa shape index (κ2) is 17.2. The quantitative estimate of drug-likeness (QED) is 0.133. The van der Waals surface area contributed by atoms with Gasteiger partial charge >= 0.3 is 0 Å². The van der Waals surface area contributed by atoms with E-state index in [1.54, 1.807) is 13.3 Å². The molecule has 0 amide bonds. The van der Waals surface area contributed by atoms with Crippen molar-refractivity contribution in [1.29, 1.82) is 0 Å². The molecule has 2 aromatic heterocycles. The van der Waals surface area contributed by atoms with Crippen LogP contribution < -0.4 is 4.74 Å². The topological polar surface area (TPSA) is 44.5 Å². The van der Waals surface area contributed by atoms with Crippen LogP contribution in [0.25, 0.3) is 22.1 Å². The van der Waals surface area contributed by atoms with Gasteiger partial charge in [-0.25, -0.2) is 4.98 Å². The van der Waals surface area contributed by atoms with Crippen LogP contribution in [0.3, 0.4) is 0 Å². The molecule has 3 rings (SSSR count). The predicted molar refractivity (Wildman–Crippen MR) is 185 cm³/mol. The van der Waals surface area contributed by atoms with Crippen LogP contribution in [0.1, 0.15) is 97.6 Å². The molecule has 0 N–H and O–H groups in total. The Morgan fingerprint density at radius 2 is 1.55 bits per heavy atom. The fourth-order valence-corrected chi connectivity index (χ4v) is 5.40. The van der Waals surface area contributed by atoms with Crippen LogP contribution in [0, 0.1) is 35.3 Å². The van der Waals surface area contributed by atoms with Gasteiger partial charge in [0, 0.05) is 36.9 Å². The fraction of sp³-hybridized carbons (Fsp3) is 0.583. The van der Waals surface area contributed by atoms with Crippen LogP contribution in [-0.4, -0.2) is 30.7 Å². The van der Waals surface area contributed by atoms with E-state index in [-0.39, 0.29) is 5.41 Å². The number of unbranched alkanes of at least 4 members (excludes halogenated alkanes) is 5. The Balaban J connectivity index is 0.000000435. The van der Waals surface area contributed by atoms with E-state index in [2.05, 4.69) is 84.6 Å². The molecule has 232 valence electrons. The van der Waals surface area contributed by atoms with Gasteiger partial charge in [0.1, 0.15) is 5.58 Å². The molecule has 0 saturated heterocycles. The summed E-state index contributed by atoms with van der Waals surface area (Å²) in [6.45, 7) is 19.3. The molecule has 0 radical (unpaired) electrons. The molecule has 0 bridgehead atoms. The second-order valence-corrected chi connectivity index (χ2v) is 14.0. The van der Waals surface area contributed by atoms with Crippen LogP contribution in [0.2, 0.25) is 0 Å². The summed E-state index contributed by atoms with van der Waals surface area (Å²) in [7, 11) is 1.75. The van der Waals surface area contributed by atoms with Crippen LogP contribution in [-0.2, 0) is 4.74 Å². The van der Waals surface area contributed by atoms with E-state index < -0.39 is 0 Å². The van der Waals surface area contributed by atoms with Crippen LogP contribution in [0.4, 0.5) is 0 Å². The van der Waals surface area contributed by atoms with Gasteiger partial charge in [-0.05, 0) is 84.6 Å². The summed E-state index contributed by atoms with van der Waals surface area (Å²) in [6, 6.07) is 10.2. The Hall–Kier alpha value is -2.15. The van der Waals surface area contributed by atoms with E-state index in [0.717, 1.165) is 36.0 Å². The first kappa shape index (κ1) is 36.0. The maximum atomic E-state index is 5.95. The molecule has 1 aromatic carbocycles. The number of thiocarbonyl (C=S) groups is 1. The molecule has 0 saturated carbocycles. The Morgan fingerprint density at radius 1 is 0.905 bits per heavy atom. The number of hydrogen-bond donors (Lipinski definition) is 0. The van der Waals surface area contributed by atoms with Gasteiger partial charge in [0.2, 0.25) is 5.88 Å². The maximum Gasteiger partial charge on any atom is 0.216 e. The van der Waals surface area contributed by atoms with Gasteiger partial charge in [-0.2, -0.15) is 0 Å². The smallest absolute Gasteiger partial charge is 0.216 e. The molecule has 2 heterocycles. The molecule has 42 heavy (non-hydrogen) atoms. The third kappa shape index (κ3) is 12.2. The summed E-state index contributed by atoms with van der Waals surface area (Å²) in [5.41, 5.74) is 5.75. The van der Waals surface area contributed by atoms with Crippen LogP contribution in [0.15, 0.2) is 40.9 Å². The SMILES string of the molecule is CC(CC(C)(C)C)C(C)(C)C=S.COCCCCCCCCOc1cc2oc(=S)c(-c3ccc(C)cc3C)cc2cn1. The van der Waals surface area contributed by atoms with E-state index in [0.29, 0.717) is 34.1 Å². The molecule has 6 heteroatoms. The minimum absolute atomic E-state index is 0.197. The average Bonchev–Trinajstić information content (AvgIpc) is 2.91. The van der Waals surface area contributed by atoms with Gasteiger partial charge in [-0.15, -0.1) is 0 Å². The first-order valence-corrected chi connectivity index (χ1v) is 16.2. The van der Waals surface area contributed by atoms with Gasteiger partial charge < -0.3 is 13.9 Å². The lowest BCUT2D eigenvalue weighted by atomic mass is 9.73. The van der Waals surface area contributed by atoms with Gasteiger partial charge in [0.15, 0.2) is 4.71 Å². The number of rotatable bonds is 14.